The largest absolute Gasteiger partial charge is 0.473 e. The summed E-state index contributed by atoms with van der Waals surface area (Å²) in [6, 6.07) is 9.62. The van der Waals surface area contributed by atoms with Gasteiger partial charge in [0.05, 0.1) is 12.3 Å². The first kappa shape index (κ1) is 19.7. The standard InChI is InChI=1S/C20H17ClFN3O3/c1-2-27-20(26)9-18-23-10-14(11-24-18)17-4-3-5-19(25-17)28-12-13-6-7-15(21)8-16(13)22/h3-8,10-11H,2,9,12H2,1H3. The molecule has 0 saturated carbocycles. The van der Waals surface area contributed by atoms with Crippen molar-refractivity contribution in [2.24, 2.45) is 0 Å². The van der Waals surface area contributed by atoms with Crippen molar-refractivity contribution >= 4 is 17.6 Å². The van der Waals surface area contributed by atoms with E-state index in [1.165, 1.54) is 6.07 Å². The van der Waals surface area contributed by atoms with E-state index in [-0.39, 0.29) is 19.0 Å². The predicted octanol–water partition coefficient (Wildman–Crippen LogP) is 4.02. The normalized spacial score (nSPS) is 10.5. The van der Waals surface area contributed by atoms with Crippen molar-refractivity contribution in [2.45, 2.75) is 20.0 Å². The molecule has 0 atom stereocenters. The summed E-state index contributed by atoms with van der Waals surface area (Å²) >= 11 is 5.75. The molecule has 0 aliphatic carbocycles. The number of carbonyl (C=O) groups excluding carboxylic acids is 1. The third-order valence-corrected chi connectivity index (χ3v) is 3.96. The second-order valence-corrected chi connectivity index (χ2v) is 6.19. The number of pyridine rings is 1. The molecule has 0 saturated heterocycles. The maximum atomic E-state index is 13.8. The van der Waals surface area contributed by atoms with Crippen LogP contribution in [0.25, 0.3) is 11.3 Å². The summed E-state index contributed by atoms with van der Waals surface area (Å²) in [5.41, 5.74) is 1.63. The fourth-order valence-corrected chi connectivity index (χ4v) is 2.52. The number of esters is 1. The minimum atomic E-state index is -0.436. The first-order valence-electron chi connectivity index (χ1n) is 8.56. The first-order valence-corrected chi connectivity index (χ1v) is 8.93. The van der Waals surface area contributed by atoms with E-state index < -0.39 is 5.82 Å². The number of nitrogens with zero attached hydrogens (tertiary/aromatic N) is 3. The summed E-state index contributed by atoms with van der Waals surface area (Å²) < 4.78 is 24.3. The van der Waals surface area contributed by atoms with Gasteiger partial charge in [0, 0.05) is 34.6 Å². The highest BCUT2D eigenvalue weighted by Gasteiger charge is 2.09. The van der Waals surface area contributed by atoms with Gasteiger partial charge in [-0.25, -0.2) is 19.3 Å². The van der Waals surface area contributed by atoms with Crippen molar-refractivity contribution in [1.29, 1.82) is 0 Å². The van der Waals surface area contributed by atoms with E-state index >= 15 is 0 Å². The minimum Gasteiger partial charge on any atom is -0.473 e. The smallest absolute Gasteiger partial charge is 0.313 e. The Balaban J connectivity index is 1.68. The summed E-state index contributed by atoms with van der Waals surface area (Å²) in [5.74, 6) is -0.109. The average Bonchev–Trinajstić information content (AvgIpc) is 2.68. The van der Waals surface area contributed by atoms with Crippen molar-refractivity contribution in [3.63, 3.8) is 0 Å². The van der Waals surface area contributed by atoms with E-state index in [0.29, 0.717) is 40.2 Å². The molecule has 0 aliphatic rings. The van der Waals surface area contributed by atoms with Crippen LogP contribution >= 0.6 is 11.6 Å². The highest BCUT2D eigenvalue weighted by Crippen LogP contribution is 2.20. The number of benzene rings is 1. The molecule has 0 bridgehead atoms. The van der Waals surface area contributed by atoms with Gasteiger partial charge in [0.25, 0.3) is 0 Å². The Morgan fingerprint density at radius 1 is 1.18 bits per heavy atom. The van der Waals surface area contributed by atoms with Gasteiger partial charge in [-0.2, -0.15) is 0 Å². The molecule has 0 aliphatic heterocycles. The molecular formula is C20H17ClFN3O3. The fourth-order valence-electron chi connectivity index (χ4n) is 2.37. The highest BCUT2D eigenvalue weighted by molar-refractivity contribution is 6.30. The van der Waals surface area contributed by atoms with Gasteiger partial charge in [-0.15, -0.1) is 0 Å². The van der Waals surface area contributed by atoms with Gasteiger partial charge < -0.3 is 9.47 Å². The quantitative estimate of drug-likeness (QED) is 0.557. The lowest BCUT2D eigenvalue weighted by molar-refractivity contribution is -0.142. The van der Waals surface area contributed by atoms with Gasteiger partial charge in [0.1, 0.15) is 24.7 Å². The molecule has 0 spiro atoms. The predicted molar refractivity (Wildman–Crippen MR) is 101 cm³/mol. The van der Waals surface area contributed by atoms with Crippen LogP contribution in [0.3, 0.4) is 0 Å². The Labute approximate surface area is 166 Å². The van der Waals surface area contributed by atoms with Gasteiger partial charge >= 0.3 is 5.97 Å². The first-order chi connectivity index (χ1) is 13.5. The molecule has 8 heteroatoms. The number of halogens is 2. The Bertz CT molecular complexity index is 967. The van der Waals surface area contributed by atoms with Crippen LogP contribution in [0.1, 0.15) is 18.3 Å². The van der Waals surface area contributed by atoms with Crippen LogP contribution in [0.15, 0.2) is 48.8 Å². The number of hydrogen-bond donors (Lipinski definition) is 0. The van der Waals surface area contributed by atoms with Crippen LogP contribution in [-0.2, 0) is 22.6 Å². The number of carbonyl (C=O) groups is 1. The summed E-state index contributed by atoms with van der Waals surface area (Å²) in [6.07, 6.45) is 3.16. The van der Waals surface area contributed by atoms with Gasteiger partial charge in [0.15, 0.2) is 0 Å². The SMILES string of the molecule is CCOC(=O)Cc1ncc(-c2cccc(OCc3ccc(Cl)cc3F)n2)cn1. The van der Waals surface area contributed by atoms with E-state index in [2.05, 4.69) is 15.0 Å². The number of hydrogen-bond acceptors (Lipinski definition) is 6. The molecule has 1 aromatic carbocycles. The lowest BCUT2D eigenvalue weighted by Crippen LogP contribution is -2.10. The molecule has 6 nitrogen and oxygen atoms in total. The van der Waals surface area contributed by atoms with Crippen LogP contribution in [-0.4, -0.2) is 27.5 Å². The molecule has 3 aromatic rings. The lowest BCUT2D eigenvalue weighted by Gasteiger charge is -2.08. The van der Waals surface area contributed by atoms with Gasteiger partial charge in [-0.1, -0.05) is 23.7 Å². The third kappa shape index (κ3) is 5.23. The zero-order valence-corrected chi connectivity index (χ0v) is 15.8. The third-order valence-electron chi connectivity index (χ3n) is 3.72. The summed E-state index contributed by atoms with van der Waals surface area (Å²) in [4.78, 5) is 24.2. The van der Waals surface area contributed by atoms with Crippen molar-refractivity contribution in [1.82, 2.24) is 15.0 Å². The summed E-state index contributed by atoms with van der Waals surface area (Å²) in [6.45, 7) is 2.08. The van der Waals surface area contributed by atoms with E-state index in [1.54, 1.807) is 49.6 Å². The Morgan fingerprint density at radius 3 is 2.68 bits per heavy atom. The zero-order chi connectivity index (χ0) is 19.9. The fraction of sp³-hybridized carbons (Fsp3) is 0.200. The molecule has 2 aromatic heterocycles. The van der Waals surface area contributed by atoms with E-state index in [4.69, 9.17) is 21.1 Å². The van der Waals surface area contributed by atoms with Crippen molar-refractivity contribution in [3.05, 3.63) is 71.0 Å². The summed E-state index contributed by atoms with van der Waals surface area (Å²) in [7, 11) is 0. The van der Waals surface area contributed by atoms with Crippen LogP contribution in [0.5, 0.6) is 5.88 Å². The molecule has 0 amide bonds. The molecular weight excluding hydrogens is 385 g/mol. The Hall–Kier alpha value is -3.06. The number of ether oxygens (including phenoxy) is 2. The zero-order valence-electron chi connectivity index (χ0n) is 15.1. The molecule has 0 N–H and O–H groups in total. The number of aromatic nitrogens is 3. The Kier molecular flexibility index (Phi) is 6.49. The van der Waals surface area contributed by atoms with Crippen LogP contribution in [0.4, 0.5) is 4.39 Å². The van der Waals surface area contributed by atoms with Gasteiger partial charge in [-0.3, -0.25) is 4.79 Å². The van der Waals surface area contributed by atoms with Crippen molar-refractivity contribution in [2.75, 3.05) is 6.61 Å². The number of rotatable bonds is 7. The molecule has 2 heterocycles. The van der Waals surface area contributed by atoms with Crippen molar-refractivity contribution < 1.29 is 18.7 Å². The molecule has 144 valence electrons. The van der Waals surface area contributed by atoms with Crippen LogP contribution in [0, 0.1) is 5.82 Å². The molecule has 28 heavy (non-hydrogen) atoms. The van der Waals surface area contributed by atoms with Gasteiger partial charge in [0.2, 0.25) is 5.88 Å². The molecule has 0 fully saturated rings. The van der Waals surface area contributed by atoms with Crippen molar-refractivity contribution in [3.8, 4) is 17.1 Å². The molecule has 0 unspecified atom stereocenters. The maximum Gasteiger partial charge on any atom is 0.313 e. The molecule has 3 rings (SSSR count). The summed E-state index contributed by atoms with van der Waals surface area (Å²) in [5, 5.41) is 0.327. The van der Waals surface area contributed by atoms with Crippen LogP contribution < -0.4 is 4.74 Å². The van der Waals surface area contributed by atoms with E-state index in [0.717, 1.165) is 0 Å². The minimum absolute atomic E-state index is 0.0113. The molecule has 0 radical (unpaired) electrons. The van der Waals surface area contributed by atoms with Gasteiger partial charge in [-0.05, 0) is 25.1 Å². The van der Waals surface area contributed by atoms with E-state index in [9.17, 15) is 9.18 Å². The highest BCUT2D eigenvalue weighted by atomic mass is 35.5. The monoisotopic (exact) mass is 401 g/mol. The lowest BCUT2D eigenvalue weighted by atomic mass is 10.2. The van der Waals surface area contributed by atoms with Crippen LogP contribution in [0.2, 0.25) is 5.02 Å². The second kappa shape index (κ2) is 9.23. The topological polar surface area (TPSA) is 74.2 Å². The Morgan fingerprint density at radius 2 is 1.96 bits per heavy atom. The second-order valence-electron chi connectivity index (χ2n) is 5.76. The maximum absolute atomic E-state index is 13.8. The average molecular weight is 402 g/mol. The van der Waals surface area contributed by atoms with E-state index in [1.807, 2.05) is 0 Å².